The molecule has 0 aliphatic carbocycles. The molecule has 0 amide bonds. The highest BCUT2D eigenvalue weighted by atomic mass is 16.6. The van der Waals surface area contributed by atoms with Crippen LogP contribution in [0.25, 0.3) is 0 Å². The summed E-state index contributed by atoms with van der Waals surface area (Å²) < 4.78 is 44.9. The van der Waals surface area contributed by atoms with Crippen LogP contribution >= 0.6 is 0 Å². The van der Waals surface area contributed by atoms with Crippen molar-refractivity contribution >= 4 is 11.9 Å². The first-order valence-corrected chi connectivity index (χ1v) is 19.5. The van der Waals surface area contributed by atoms with Crippen molar-refractivity contribution in [2.24, 2.45) is 5.41 Å². The van der Waals surface area contributed by atoms with Gasteiger partial charge in [-0.1, -0.05) is 90.1 Å². The maximum atomic E-state index is 12.3. The summed E-state index contributed by atoms with van der Waals surface area (Å²) in [5.74, 6) is -2.11. The monoisotopic (exact) mass is 776 g/mol. The largest absolute Gasteiger partial charge is 0.481 e. The van der Waals surface area contributed by atoms with E-state index in [1.165, 1.54) is 11.1 Å². The number of rotatable bonds is 32. The van der Waals surface area contributed by atoms with Crippen molar-refractivity contribution in [3.63, 3.8) is 0 Å². The summed E-state index contributed by atoms with van der Waals surface area (Å²) in [5.41, 5.74) is 3.80. The molecule has 0 aliphatic heterocycles. The van der Waals surface area contributed by atoms with Crippen molar-refractivity contribution in [1.29, 1.82) is 0 Å². The number of benzene rings is 2. The predicted molar refractivity (Wildman–Crippen MR) is 211 cm³/mol. The van der Waals surface area contributed by atoms with E-state index in [9.17, 15) is 19.8 Å². The van der Waals surface area contributed by atoms with Crippen LogP contribution in [0.2, 0.25) is 0 Å². The Kier molecular flexibility index (Phi) is 23.5. The minimum atomic E-state index is -1.28. The van der Waals surface area contributed by atoms with Crippen molar-refractivity contribution in [3.8, 4) is 0 Å². The molecule has 2 N–H and O–H groups in total. The fraction of sp³-hybridized carbons (Fsp3) is 0.674. The van der Waals surface area contributed by atoms with Gasteiger partial charge in [-0.25, -0.2) is 0 Å². The lowest BCUT2D eigenvalue weighted by atomic mass is 9.77. The number of hydrogen-bond donors (Lipinski definition) is 2. The first-order chi connectivity index (χ1) is 26.2. The summed E-state index contributed by atoms with van der Waals surface area (Å²) in [4.78, 5) is 23.6. The Morgan fingerprint density at radius 1 is 0.436 bits per heavy atom. The molecule has 0 atom stereocenters. The SMILES string of the molecule is CC(C)(C)c1ccc(COCCOCCOCCOCCC(CCOCCOCCOCCOCc2ccc(C(C)(C)C)cc2)(CCC(=O)O)C(=O)O)cc1. The second-order valence-corrected chi connectivity index (χ2v) is 15.7. The summed E-state index contributed by atoms with van der Waals surface area (Å²) in [6.45, 7) is 19.3. The zero-order valence-electron chi connectivity index (χ0n) is 34.2. The maximum absolute atomic E-state index is 12.3. The van der Waals surface area contributed by atoms with E-state index in [1.54, 1.807) is 0 Å². The number of aliphatic carboxylic acids is 2. The quantitative estimate of drug-likeness (QED) is 0.0751. The summed E-state index contributed by atoms with van der Waals surface area (Å²) in [6, 6.07) is 16.9. The molecular formula is C43H68O12. The first kappa shape index (κ1) is 48.2. The fourth-order valence-corrected chi connectivity index (χ4v) is 5.48. The van der Waals surface area contributed by atoms with E-state index in [1.807, 2.05) is 0 Å². The van der Waals surface area contributed by atoms with Gasteiger partial charge in [0.15, 0.2) is 0 Å². The summed E-state index contributed by atoms with van der Waals surface area (Å²) >= 11 is 0. The van der Waals surface area contributed by atoms with Crippen molar-refractivity contribution in [2.45, 2.75) is 91.3 Å². The minimum absolute atomic E-state index is 0.0214. The lowest BCUT2D eigenvalue weighted by Gasteiger charge is -2.29. The molecule has 0 heterocycles. The van der Waals surface area contributed by atoms with Gasteiger partial charge in [0.25, 0.3) is 0 Å². The molecule has 0 spiro atoms. The maximum Gasteiger partial charge on any atom is 0.309 e. The molecule has 0 aliphatic rings. The minimum Gasteiger partial charge on any atom is -0.481 e. The number of hydrogen-bond acceptors (Lipinski definition) is 10. The van der Waals surface area contributed by atoms with Gasteiger partial charge in [0.1, 0.15) is 0 Å². The number of carboxylic acids is 2. The third-order valence-electron chi connectivity index (χ3n) is 9.13. The van der Waals surface area contributed by atoms with Gasteiger partial charge in [-0.2, -0.15) is 0 Å². The summed E-state index contributed by atoms with van der Waals surface area (Å²) in [5, 5.41) is 19.3. The highest BCUT2D eigenvalue weighted by molar-refractivity contribution is 5.76. The van der Waals surface area contributed by atoms with E-state index >= 15 is 0 Å². The van der Waals surface area contributed by atoms with Crippen LogP contribution < -0.4 is 0 Å². The van der Waals surface area contributed by atoms with Crippen LogP contribution in [-0.4, -0.2) is 115 Å². The molecule has 0 fully saturated rings. The van der Waals surface area contributed by atoms with Gasteiger partial charge < -0.3 is 48.1 Å². The summed E-state index contributed by atoms with van der Waals surface area (Å²) in [7, 11) is 0. The van der Waals surface area contributed by atoms with Gasteiger partial charge in [-0.15, -0.1) is 0 Å². The Bertz CT molecular complexity index is 1220. The Hall–Kier alpha value is -2.94. The Labute approximate surface area is 329 Å². The van der Waals surface area contributed by atoms with Crippen LogP contribution in [0.1, 0.15) is 89.5 Å². The normalized spacial score (nSPS) is 12.3. The van der Waals surface area contributed by atoms with E-state index in [-0.39, 0.29) is 62.9 Å². The third kappa shape index (κ3) is 21.8. The molecule has 0 saturated heterocycles. The van der Waals surface area contributed by atoms with Crippen molar-refractivity contribution in [2.75, 3.05) is 92.5 Å². The van der Waals surface area contributed by atoms with E-state index in [0.717, 1.165) is 11.1 Å². The Morgan fingerprint density at radius 3 is 1.00 bits per heavy atom. The molecule has 2 rings (SSSR count). The van der Waals surface area contributed by atoms with Crippen LogP contribution in [0, 0.1) is 5.41 Å². The standard InChI is InChI=1S/C43H68O12/c1-41(2,3)37-11-7-35(8-12-37)33-54-31-29-52-27-25-50-23-21-48-19-17-43(40(46)47,16-15-39(44)45)18-20-49-22-24-51-26-28-53-30-32-55-34-36-9-13-38(14-10-36)42(4,5)6/h7-14H,15-34H2,1-6H3,(H,44,45)(H,46,47). The number of ether oxygens (including phenoxy) is 8. The third-order valence-corrected chi connectivity index (χ3v) is 9.13. The lowest BCUT2D eigenvalue weighted by molar-refractivity contribution is -0.153. The molecule has 55 heavy (non-hydrogen) atoms. The molecule has 0 bridgehead atoms. The van der Waals surface area contributed by atoms with Gasteiger partial charge in [0.05, 0.1) is 97.9 Å². The van der Waals surface area contributed by atoms with Crippen LogP contribution in [0.3, 0.4) is 0 Å². The van der Waals surface area contributed by atoms with Gasteiger partial charge in [-0.3, -0.25) is 9.59 Å². The smallest absolute Gasteiger partial charge is 0.309 e. The molecule has 0 radical (unpaired) electrons. The van der Waals surface area contributed by atoms with Gasteiger partial charge in [0.2, 0.25) is 0 Å². The van der Waals surface area contributed by atoms with Gasteiger partial charge >= 0.3 is 11.9 Å². The molecule has 2 aromatic rings. The second kappa shape index (κ2) is 26.8. The van der Waals surface area contributed by atoms with E-state index in [0.29, 0.717) is 79.3 Å². The van der Waals surface area contributed by atoms with Crippen molar-refractivity contribution in [1.82, 2.24) is 0 Å². The highest BCUT2D eigenvalue weighted by Crippen LogP contribution is 2.33. The Balaban J connectivity index is 1.49. The first-order valence-electron chi connectivity index (χ1n) is 19.5. The van der Waals surface area contributed by atoms with Crippen molar-refractivity contribution in [3.05, 3.63) is 70.8 Å². The van der Waals surface area contributed by atoms with Crippen LogP contribution in [0.4, 0.5) is 0 Å². The number of carboxylic acid groups (broad SMARTS) is 2. The zero-order valence-corrected chi connectivity index (χ0v) is 34.2. The van der Waals surface area contributed by atoms with Crippen LogP contribution in [0.15, 0.2) is 48.5 Å². The van der Waals surface area contributed by atoms with Gasteiger partial charge in [0, 0.05) is 19.6 Å². The molecule has 0 aromatic heterocycles. The molecule has 12 heteroatoms. The molecule has 312 valence electrons. The summed E-state index contributed by atoms with van der Waals surface area (Å²) in [6.07, 6.45) is 0.0316. The van der Waals surface area contributed by atoms with E-state index in [4.69, 9.17) is 37.9 Å². The van der Waals surface area contributed by atoms with E-state index < -0.39 is 17.4 Å². The van der Waals surface area contributed by atoms with Crippen LogP contribution in [0.5, 0.6) is 0 Å². The molecule has 0 saturated carbocycles. The lowest BCUT2D eigenvalue weighted by Crippen LogP contribution is -2.35. The molecule has 12 nitrogen and oxygen atoms in total. The van der Waals surface area contributed by atoms with Crippen molar-refractivity contribution < 1.29 is 57.7 Å². The predicted octanol–water partition coefficient (Wildman–Crippen LogP) is 6.83. The molecular weight excluding hydrogens is 708 g/mol. The highest BCUT2D eigenvalue weighted by Gasteiger charge is 2.38. The fourth-order valence-electron chi connectivity index (χ4n) is 5.48. The molecule has 2 aromatic carbocycles. The second-order valence-electron chi connectivity index (χ2n) is 15.7. The topological polar surface area (TPSA) is 148 Å². The zero-order chi connectivity index (χ0) is 40.4. The Morgan fingerprint density at radius 2 is 0.727 bits per heavy atom. The van der Waals surface area contributed by atoms with Crippen LogP contribution in [-0.2, 0) is 71.5 Å². The van der Waals surface area contributed by atoms with Gasteiger partial charge in [-0.05, 0) is 52.3 Å². The van der Waals surface area contributed by atoms with E-state index in [2.05, 4.69) is 90.1 Å². The average molecular weight is 777 g/mol. The average Bonchev–Trinajstić information content (AvgIpc) is 3.13. The number of carbonyl (C=O) groups is 2. The molecule has 0 unspecified atom stereocenters.